The Balaban J connectivity index is 1.07. The van der Waals surface area contributed by atoms with Crippen LogP contribution in [0.2, 0.25) is 0 Å². The van der Waals surface area contributed by atoms with Crippen LogP contribution in [0.3, 0.4) is 0 Å². The molecule has 5 aromatic rings. The SMILES string of the molecule is Cc1nc(NC(C)c2cccc(OCC(=O)N3CCN(c4ccccn4)CC3)c2)cc(-c2ccc3ccn(C)c3c2)n1. The van der Waals surface area contributed by atoms with Gasteiger partial charge in [-0.25, -0.2) is 15.0 Å². The molecule has 1 saturated heterocycles. The van der Waals surface area contributed by atoms with Gasteiger partial charge in [0.2, 0.25) is 0 Å². The Morgan fingerprint density at radius 1 is 0.976 bits per heavy atom. The summed E-state index contributed by atoms with van der Waals surface area (Å²) in [5, 5.41) is 4.72. The van der Waals surface area contributed by atoms with Gasteiger partial charge in [-0.2, -0.15) is 0 Å². The lowest BCUT2D eigenvalue weighted by atomic mass is 10.1. The normalized spacial score (nSPS) is 14.2. The summed E-state index contributed by atoms with van der Waals surface area (Å²) in [6.45, 7) is 6.81. The van der Waals surface area contributed by atoms with Crippen molar-refractivity contribution in [3.8, 4) is 17.0 Å². The molecule has 9 nitrogen and oxygen atoms in total. The Morgan fingerprint density at radius 2 is 1.83 bits per heavy atom. The van der Waals surface area contributed by atoms with Crippen molar-refractivity contribution in [2.75, 3.05) is 43.0 Å². The second kappa shape index (κ2) is 11.9. The zero-order valence-electron chi connectivity index (χ0n) is 24.2. The zero-order chi connectivity index (χ0) is 29.1. The van der Waals surface area contributed by atoms with Crippen LogP contribution in [0.4, 0.5) is 11.6 Å². The van der Waals surface area contributed by atoms with E-state index in [-0.39, 0.29) is 18.6 Å². The van der Waals surface area contributed by atoms with E-state index >= 15 is 0 Å². The number of hydrogen-bond acceptors (Lipinski definition) is 7. The number of amides is 1. The van der Waals surface area contributed by atoms with Crippen LogP contribution < -0.4 is 15.0 Å². The first-order valence-corrected chi connectivity index (χ1v) is 14.3. The van der Waals surface area contributed by atoms with Crippen LogP contribution in [0.25, 0.3) is 22.2 Å². The van der Waals surface area contributed by atoms with Gasteiger partial charge in [0, 0.05) is 62.8 Å². The van der Waals surface area contributed by atoms with Crippen molar-refractivity contribution in [2.45, 2.75) is 19.9 Å². The highest BCUT2D eigenvalue weighted by atomic mass is 16.5. The molecule has 1 fully saturated rings. The number of aromatic nitrogens is 4. The molecular weight excluding hydrogens is 526 g/mol. The summed E-state index contributed by atoms with van der Waals surface area (Å²) < 4.78 is 8.05. The Bertz CT molecular complexity index is 1690. The number of rotatable bonds is 8. The van der Waals surface area contributed by atoms with E-state index in [1.54, 1.807) is 6.20 Å². The maximum absolute atomic E-state index is 12.9. The van der Waals surface area contributed by atoms with E-state index in [1.807, 2.05) is 67.4 Å². The number of nitrogens with zero attached hydrogens (tertiary/aromatic N) is 6. The highest BCUT2D eigenvalue weighted by molar-refractivity contribution is 5.85. The fourth-order valence-electron chi connectivity index (χ4n) is 5.35. The minimum atomic E-state index is -0.0403. The molecule has 42 heavy (non-hydrogen) atoms. The van der Waals surface area contributed by atoms with Crippen molar-refractivity contribution in [1.29, 1.82) is 0 Å². The minimum absolute atomic E-state index is 0.00873. The first-order valence-electron chi connectivity index (χ1n) is 14.3. The van der Waals surface area contributed by atoms with Crippen LogP contribution in [0, 0.1) is 6.92 Å². The molecule has 4 heterocycles. The summed E-state index contributed by atoms with van der Waals surface area (Å²) in [7, 11) is 2.05. The lowest BCUT2D eigenvalue weighted by Gasteiger charge is -2.35. The van der Waals surface area contributed by atoms with Crippen molar-refractivity contribution < 1.29 is 9.53 Å². The third kappa shape index (κ3) is 6.05. The first-order chi connectivity index (χ1) is 20.4. The van der Waals surface area contributed by atoms with E-state index in [2.05, 4.69) is 62.1 Å². The summed E-state index contributed by atoms with van der Waals surface area (Å²) in [6.07, 6.45) is 3.86. The third-order valence-corrected chi connectivity index (χ3v) is 7.71. The molecule has 1 unspecified atom stereocenters. The Morgan fingerprint density at radius 3 is 2.64 bits per heavy atom. The molecule has 1 aliphatic rings. The fourth-order valence-corrected chi connectivity index (χ4v) is 5.35. The maximum Gasteiger partial charge on any atom is 0.260 e. The standard InChI is InChI=1S/C33H35N7O2/c1-23(35-31-21-29(36-24(2)37-31)27-11-10-25-12-14-38(3)30(25)20-27)26-7-6-8-28(19-26)42-22-33(41)40-17-15-39(16-18-40)32-9-4-5-13-34-32/h4-14,19-21,23H,15-18,22H2,1-3H3,(H,35,36,37). The van der Waals surface area contributed by atoms with Gasteiger partial charge in [0.1, 0.15) is 23.2 Å². The van der Waals surface area contributed by atoms with Crippen LogP contribution in [0.1, 0.15) is 24.4 Å². The molecule has 1 aliphatic heterocycles. The van der Waals surface area contributed by atoms with Gasteiger partial charge >= 0.3 is 0 Å². The van der Waals surface area contributed by atoms with Gasteiger partial charge in [0.15, 0.2) is 6.61 Å². The van der Waals surface area contributed by atoms with Crippen molar-refractivity contribution in [2.24, 2.45) is 7.05 Å². The summed E-state index contributed by atoms with van der Waals surface area (Å²) in [6, 6.07) is 24.2. The van der Waals surface area contributed by atoms with E-state index in [0.717, 1.165) is 47.1 Å². The quantitative estimate of drug-likeness (QED) is 0.277. The molecule has 1 atom stereocenters. The number of carbonyl (C=O) groups excluding carboxylic acids is 1. The highest BCUT2D eigenvalue weighted by Gasteiger charge is 2.22. The molecule has 9 heteroatoms. The molecule has 0 aliphatic carbocycles. The van der Waals surface area contributed by atoms with Gasteiger partial charge < -0.3 is 24.4 Å². The van der Waals surface area contributed by atoms with Crippen LogP contribution in [-0.2, 0) is 11.8 Å². The number of benzene rings is 2. The van der Waals surface area contributed by atoms with Gasteiger partial charge in [-0.3, -0.25) is 4.79 Å². The molecule has 1 amide bonds. The number of pyridine rings is 1. The maximum atomic E-state index is 12.9. The van der Waals surface area contributed by atoms with Crippen molar-refractivity contribution in [1.82, 2.24) is 24.4 Å². The number of ether oxygens (including phenoxy) is 1. The zero-order valence-corrected chi connectivity index (χ0v) is 24.2. The lowest BCUT2D eigenvalue weighted by molar-refractivity contribution is -0.133. The first kappa shape index (κ1) is 27.3. The molecular formula is C33H35N7O2. The fraction of sp³-hybridized carbons (Fsp3) is 0.273. The van der Waals surface area contributed by atoms with Crippen LogP contribution in [0.5, 0.6) is 5.75 Å². The van der Waals surface area contributed by atoms with Crippen molar-refractivity contribution in [3.63, 3.8) is 0 Å². The molecule has 0 radical (unpaired) electrons. The lowest BCUT2D eigenvalue weighted by Crippen LogP contribution is -2.50. The number of hydrogen-bond donors (Lipinski definition) is 1. The number of anilines is 2. The molecule has 3 aromatic heterocycles. The largest absolute Gasteiger partial charge is 0.484 e. The molecule has 0 saturated carbocycles. The van der Waals surface area contributed by atoms with E-state index in [1.165, 1.54) is 5.39 Å². The van der Waals surface area contributed by atoms with E-state index in [9.17, 15) is 4.79 Å². The number of aryl methyl sites for hydroxylation is 2. The second-order valence-corrected chi connectivity index (χ2v) is 10.7. The predicted molar refractivity (Wildman–Crippen MR) is 166 cm³/mol. The smallest absolute Gasteiger partial charge is 0.260 e. The Kier molecular flexibility index (Phi) is 7.72. The van der Waals surface area contributed by atoms with Gasteiger partial charge in [0.25, 0.3) is 5.91 Å². The average Bonchev–Trinajstić information content (AvgIpc) is 3.40. The number of piperazine rings is 1. The highest BCUT2D eigenvalue weighted by Crippen LogP contribution is 2.27. The predicted octanol–water partition coefficient (Wildman–Crippen LogP) is 5.24. The monoisotopic (exact) mass is 561 g/mol. The topological polar surface area (TPSA) is 88.4 Å². The second-order valence-electron chi connectivity index (χ2n) is 10.7. The Hall–Kier alpha value is -4.92. The molecule has 6 rings (SSSR count). The van der Waals surface area contributed by atoms with Crippen molar-refractivity contribution in [3.05, 3.63) is 96.6 Å². The molecule has 0 bridgehead atoms. The Labute approximate surface area is 245 Å². The van der Waals surface area contributed by atoms with Crippen LogP contribution in [0.15, 0.2) is 85.2 Å². The summed E-state index contributed by atoms with van der Waals surface area (Å²) in [5.41, 5.74) is 4.11. The van der Waals surface area contributed by atoms with E-state index in [4.69, 9.17) is 9.72 Å². The third-order valence-electron chi connectivity index (χ3n) is 7.71. The average molecular weight is 562 g/mol. The van der Waals surface area contributed by atoms with E-state index < -0.39 is 0 Å². The number of nitrogens with one attached hydrogen (secondary N) is 1. The molecule has 214 valence electrons. The molecule has 2 aromatic carbocycles. The summed E-state index contributed by atoms with van der Waals surface area (Å²) in [4.78, 5) is 30.7. The summed E-state index contributed by atoms with van der Waals surface area (Å²) in [5.74, 6) is 3.05. The molecule has 0 spiro atoms. The number of carbonyl (C=O) groups is 1. The van der Waals surface area contributed by atoms with E-state index in [0.29, 0.717) is 24.7 Å². The van der Waals surface area contributed by atoms with Crippen LogP contribution in [-0.4, -0.2) is 63.1 Å². The van der Waals surface area contributed by atoms with Crippen LogP contribution >= 0.6 is 0 Å². The molecule has 1 N–H and O–H groups in total. The van der Waals surface area contributed by atoms with Gasteiger partial charge in [-0.1, -0.05) is 30.3 Å². The van der Waals surface area contributed by atoms with Gasteiger partial charge in [0.05, 0.1) is 11.7 Å². The summed E-state index contributed by atoms with van der Waals surface area (Å²) >= 11 is 0. The number of fused-ring (bicyclic) bond motifs is 1. The van der Waals surface area contributed by atoms with Gasteiger partial charge in [-0.15, -0.1) is 0 Å². The van der Waals surface area contributed by atoms with Gasteiger partial charge in [-0.05, 0) is 61.2 Å². The van der Waals surface area contributed by atoms with Crippen molar-refractivity contribution >= 4 is 28.4 Å². The minimum Gasteiger partial charge on any atom is -0.484 e.